The molecule has 1 saturated heterocycles. The van der Waals surface area contributed by atoms with Gasteiger partial charge in [-0.3, -0.25) is 14.3 Å². The molecule has 1 aromatic heterocycles. The minimum Gasteiger partial charge on any atom is -0.408 e. The van der Waals surface area contributed by atoms with Gasteiger partial charge in [0.1, 0.15) is 0 Å². The molecule has 0 aliphatic carbocycles. The van der Waals surface area contributed by atoms with E-state index in [0.29, 0.717) is 37.0 Å². The lowest BCUT2D eigenvalue weighted by Gasteiger charge is -2.31. The van der Waals surface area contributed by atoms with Gasteiger partial charge in [0.2, 0.25) is 5.91 Å². The zero-order valence-corrected chi connectivity index (χ0v) is 16.3. The van der Waals surface area contributed by atoms with Crippen LogP contribution in [-0.2, 0) is 16.2 Å². The Labute approximate surface area is 163 Å². The number of benzene rings is 1. The molecule has 27 heavy (non-hydrogen) atoms. The van der Waals surface area contributed by atoms with Gasteiger partial charge in [0.25, 0.3) is 0 Å². The predicted molar refractivity (Wildman–Crippen MR) is 104 cm³/mol. The molecule has 2 aromatic rings. The van der Waals surface area contributed by atoms with Crippen molar-refractivity contribution in [3.8, 4) is 0 Å². The largest absolute Gasteiger partial charge is 0.421 e. The summed E-state index contributed by atoms with van der Waals surface area (Å²) in [6.07, 6.45) is 2.40. The number of carbonyl (C=O) groups is 1. The number of oxazole rings is 1. The van der Waals surface area contributed by atoms with Crippen LogP contribution < -0.4 is 11.1 Å². The molecular weight excluding hydrogens is 370 g/mol. The van der Waals surface area contributed by atoms with E-state index in [1.54, 1.807) is 22.8 Å². The first kappa shape index (κ1) is 19.9. The van der Waals surface area contributed by atoms with Gasteiger partial charge in [-0.25, -0.2) is 4.79 Å². The van der Waals surface area contributed by atoms with Crippen LogP contribution in [0.3, 0.4) is 0 Å². The van der Waals surface area contributed by atoms with Crippen molar-refractivity contribution in [2.45, 2.75) is 32.9 Å². The SMILES string of the molecule is CCOCCCNC(=O)C1CCN(Cn2c(=O)oc3cc(Cl)ccc32)CC1. The number of hydrogen-bond acceptors (Lipinski definition) is 5. The lowest BCUT2D eigenvalue weighted by molar-refractivity contribution is -0.126. The summed E-state index contributed by atoms with van der Waals surface area (Å²) in [6.45, 7) is 5.98. The van der Waals surface area contributed by atoms with Gasteiger partial charge >= 0.3 is 5.76 Å². The molecule has 0 atom stereocenters. The van der Waals surface area contributed by atoms with Crippen molar-refractivity contribution in [2.24, 2.45) is 5.92 Å². The van der Waals surface area contributed by atoms with E-state index >= 15 is 0 Å². The monoisotopic (exact) mass is 395 g/mol. The molecule has 0 radical (unpaired) electrons. The second kappa shape index (κ2) is 9.39. The Bertz CT molecular complexity index is 824. The first-order valence-electron chi connectivity index (χ1n) is 9.45. The zero-order chi connectivity index (χ0) is 19.2. The van der Waals surface area contributed by atoms with E-state index in [9.17, 15) is 9.59 Å². The van der Waals surface area contributed by atoms with Gasteiger partial charge < -0.3 is 14.5 Å². The summed E-state index contributed by atoms with van der Waals surface area (Å²) < 4.78 is 12.2. The van der Waals surface area contributed by atoms with Gasteiger partial charge in [0.15, 0.2) is 5.58 Å². The average molecular weight is 396 g/mol. The average Bonchev–Trinajstić information content (AvgIpc) is 2.96. The quantitative estimate of drug-likeness (QED) is 0.695. The van der Waals surface area contributed by atoms with Crippen LogP contribution in [0.15, 0.2) is 27.4 Å². The fraction of sp³-hybridized carbons (Fsp3) is 0.579. The molecule has 2 heterocycles. The van der Waals surface area contributed by atoms with Crippen LogP contribution in [0.25, 0.3) is 11.1 Å². The number of likely N-dealkylation sites (tertiary alicyclic amines) is 1. The molecule has 1 aromatic carbocycles. The zero-order valence-electron chi connectivity index (χ0n) is 15.6. The van der Waals surface area contributed by atoms with Crippen LogP contribution in [0.1, 0.15) is 26.2 Å². The minimum absolute atomic E-state index is 0.0324. The Morgan fingerprint density at radius 1 is 1.37 bits per heavy atom. The normalized spacial score (nSPS) is 16.1. The van der Waals surface area contributed by atoms with Gasteiger partial charge in [-0.1, -0.05) is 11.6 Å². The van der Waals surface area contributed by atoms with E-state index in [1.165, 1.54) is 0 Å². The van der Waals surface area contributed by atoms with E-state index < -0.39 is 0 Å². The molecule has 1 amide bonds. The maximum Gasteiger partial charge on any atom is 0.421 e. The lowest BCUT2D eigenvalue weighted by Crippen LogP contribution is -2.42. The molecule has 1 fully saturated rings. The summed E-state index contributed by atoms with van der Waals surface area (Å²) >= 11 is 5.95. The van der Waals surface area contributed by atoms with Gasteiger partial charge in [-0.05, 0) is 38.3 Å². The number of nitrogens with one attached hydrogen (secondary N) is 1. The lowest BCUT2D eigenvalue weighted by atomic mass is 9.96. The molecule has 0 saturated carbocycles. The fourth-order valence-corrected chi connectivity index (χ4v) is 3.55. The molecule has 0 spiro atoms. The van der Waals surface area contributed by atoms with Crippen molar-refractivity contribution in [2.75, 3.05) is 32.8 Å². The minimum atomic E-state index is -0.388. The first-order chi connectivity index (χ1) is 13.1. The second-order valence-corrected chi connectivity index (χ2v) is 7.22. The van der Waals surface area contributed by atoms with E-state index in [1.807, 2.05) is 6.92 Å². The van der Waals surface area contributed by atoms with Crippen molar-refractivity contribution in [3.63, 3.8) is 0 Å². The third-order valence-corrected chi connectivity index (χ3v) is 5.13. The molecule has 1 aliphatic rings. The number of halogens is 1. The van der Waals surface area contributed by atoms with Gasteiger partial charge in [0, 0.05) is 49.9 Å². The molecule has 0 unspecified atom stereocenters. The highest BCUT2D eigenvalue weighted by molar-refractivity contribution is 6.31. The Morgan fingerprint density at radius 2 is 2.15 bits per heavy atom. The molecule has 0 bridgehead atoms. The van der Waals surface area contributed by atoms with Crippen LogP contribution in [-0.4, -0.2) is 48.2 Å². The second-order valence-electron chi connectivity index (χ2n) is 6.78. The highest BCUT2D eigenvalue weighted by Gasteiger charge is 2.25. The van der Waals surface area contributed by atoms with Crippen LogP contribution in [0.2, 0.25) is 5.02 Å². The van der Waals surface area contributed by atoms with Crippen molar-refractivity contribution in [1.29, 1.82) is 0 Å². The summed E-state index contributed by atoms with van der Waals surface area (Å²) in [7, 11) is 0. The first-order valence-corrected chi connectivity index (χ1v) is 9.83. The number of aromatic nitrogens is 1. The van der Waals surface area contributed by atoms with E-state index in [4.69, 9.17) is 20.8 Å². The van der Waals surface area contributed by atoms with E-state index in [0.717, 1.165) is 37.9 Å². The Hall–Kier alpha value is -1.83. The summed E-state index contributed by atoms with van der Waals surface area (Å²) in [5, 5.41) is 3.53. The smallest absolute Gasteiger partial charge is 0.408 e. The summed E-state index contributed by atoms with van der Waals surface area (Å²) in [5.41, 5.74) is 1.23. The maximum absolute atomic E-state index is 12.3. The summed E-state index contributed by atoms with van der Waals surface area (Å²) in [5.74, 6) is -0.238. The molecule has 148 valence electrons. The van der Waals surface area contributed by atoms with Crippen LogP contribution in [0, 0.1) is 5.92 Å². The van der Waals surface area contributed by atoms with Gasteiger partial charge in [-0.15, -0.1) is 0 Å². The standard InChI is InChI=1S/C19H26ClN3O4/c1-2-26-11-3-8-21-18(24)14-6-9-22(10-7-14)13-23-16-5-4-15(20)12-17(16)27-19(23)25/h4-5,12,14H,2-3,6-11,13H2,1H3,(H,21,24). The van der Waals surface area contributed by atoms with Crippen molar-refractivity contribution < 1.29 is 13.9 Å². The van der Waals surface area contributed by atoms with Crippen LogP contribution in [0.5, 0.6) is 0 Å². The number of ether oxygens (including phenoxy) is 1. The maximum atomic E-state index is 12.3. The Kier molecular flexibility index (Phi) is 6.93. The van der Waals surface area contributed by atoms with Crippen molar-refractivity contribution >= 4 is 28.6 Å². The number of amides is 1. The molecule has 1 aliphatic heterocycles. The van der Waals surface area contributed by atoms with Gasteiger partial charge in [-0.2, -0.15) is 0 Å². The number of nitrogens with zero attached hydrogens (tertiary/aromatic N) is 2. The Morgan fingerprint density at radius 3 is 2.89 bits per heavy atom. The third-order valence-electron chi connectivity index (χ3n) is 4.90. The third kappa shape index (κ3) is 5.12. The van der Waals surface area contributed by atoms with Crippen molar-refractivity contribution in [1.82, 2.24) is 14.8 Å². The van der Waals surface area contributed by atoms with Gasteiger partial charge in [0.05, 0.1) is 12.2 Å². The van der Waals surface area contributed by atoms with Crippen LogP contribution in [0.4, 0.5) is 0 Å². The predicted octanol–water partition coefficient (Wildman–Crippen LogP) is 2.46. The van der Waals surface area contributed by atoms with Crippen LogP contribution >= 0.6 is 11.6 Å². The molecule has 1 N–H and O–H groups in total. The fourth-order valence-electron chi connectivity index (χ4n) is 3.39. The van der Waals surface area contributed by atoms with Crippen molar-refractivity contribution in [3.05, 3.63) is 33.8 Å². The van der Waals surface area contributed by atoms with E-state index in [-0.39, 0.29) is 17.6 Å². The number of carbonyl (C=O) groups excluding carboxylic acids is 1. The number of piperidine rings is 1. The molecule has 3 rings (SSSR count). The highest BCUT2D eigenvalue weighted by atomic mass is 35.5. The summed E-state index contributed by atoms with van der Waals surface area (Å²) in [6, 6.07) is 5.19. The van der Waals surface area contributed by atoms with E-state index in [2.05, 4.69) is 10.2 Å². The molecule has 7 nitrogen and oxygen atoms in total. The number of fused-ring (bicyclic) bond motifs is 1. The Balaban J connectivity index is 1.49. The molecular formula is C19H26ClN3O4. The number of rotatable bonds is 8. The molecule has 8 heteroatoms. The highest BCUT2D eigenvalue weighted by Crippen LogP contribution is 2.21. The summed E-state index contributed by atoms with van der Waals surface area (Å²) in [4.78, 5) is 26.6. The number of hydrogen-bond donors (Lipinski definition) is 1. The topological polar surface area (TPSA) is 76.7 Å².